The van der Waals surface area contributed by atoms with Crippen LogP contribution in [0.5, 0.6) is 0 Å². The van der Waals surface area contributed by atoms with E-state index in [4.69, 9.17) is 11.5 Å². The van der Waals surface area contributed by atoms with Crippen LogP contribution in [0.4, 0.5) is 0 Å². The number of amides is 4. The van der Waals surface area contributed by atoms with Gasteiger partial charge in [-0.3, -0.25) is 19.2 Å². The van der Waals surface area contributed by atoms with E-state index >= 15 is 0 Å². The van der Waals surface area contributed by atoms with Gasteiger partial charge in [0.2, 0.25) is 23.6 Å². The Morgan fingerprint density at radius 1 is 0.639 bits per heavy atom. The van der Waals surface area contributed by atoms with E-state index in [1.165, 1.54) is 25.7 Å². The summed E-state index contributed by atoms with van der Waals surface area (Å²) < 4.78 is 0. The van der Waals surface area contributed by atoms with Crippen molar-refractivity contribution in [3.8, 4) is 0 Å². The summed E-state index contributed by atoms with van der Waals surface area (Å²) in [7, 11) is 0. The predicted molar refractivity (Wildman–Crippen MR) is 142 cm³/mol. The molecule has 1 saturated heterocycles. The van der Waals surface area contributed by atoms with E-state index in [1.807, 2.05) is 0 Å². The van der Waals surface area contributed by atoms with Crippen molar-refractivity contribution in [1.82, 2.24) is 21.3 Å². The van der Waals surface area contributed by atoms with Crippen LogP contribution in [0.3, 0.4) is 0 Å². The van der Waals surface area contributed by atoms with Crippen molar-refractivity contribution < 1.29 is 19.2 Å². The highest BCUT2D eigenvalue weighted by Gasteiger charge is 2.29. The van der Waals surface area contributed by atoms with Crippen molar-refractivity contribution in [2.45, 2.75) is 121 Å². The smallest absolute Gasteiger partial charge is 0.243 e. The fourth-order valence-corrected chi connectivity index (χ4v) is 4.39. The van der Waals surface area contributed by atoms with Gasteiger partial charge in [-0.1, -0.05) is 51.9 Å². The van der Waals surface area contributed by atoms with Crippen molar-refractivity contribution in [3.63, 3.8) is 0 Å². The van der Waals surface area contributed by atoms with E-state index < -0.39 is 23.9 Å². The first-order chi connectivity index (χ1) is 17.4. The van der Waals surface area contributed by atoms with Gasteiger partial charge in [-0.15, -0.1) is 0 Å². The molecule has 1 aliphatic rings. The molecule has 1 aliphatic heterocycles. The van der Waals surface area contributed by atoms with Crippen molar-refractivity contribution in [3.05, 3.63) is 0 Å². The molecule has 0 aromatic carbocycles. The third-order valence-electron chi connectivity index (χ3n) is 6.56. The zero-order valence-electron chi connectivity index (χ0n) is 22.2. The first-order valence-corrected chi connectivity index (χ1v) is 14.0. The molecular formula is C26H50N6O4. The third-order valence-corrected chi connectivity index (χ3v) is 6.56. The molecule has 36 heavy (non-hydrogen) atoms. The number of hydrogen-bond donors (Lipinski definition) is 6. The topological polar surface area (TPSA) is 168 Å². The molecule has 0 radical (unpaired) electrons. The Morgan fingerprint density at radius 2 is 1.17 bits per heavy atom. The molecule has 10 nitrogen and oxygen atoms in total. The molecule has 10 heteroatoms. The first-order valence-electron chi connectivity index (χ1n) is 14.0. The highest BCUT2D eigenvalue weighted by Crippen LogP contribution is 2.13. The molecule has 3 atom stereocenters. The van der Waals surface area contributed by atoms with Gasteiger partial charge in [0.05, 0.1) is 6.54 Å². The standard InChI is InChI=1S/C26H50N6O4/c1-2-3-4-5-6-7-8-13-20-18-23(33)29-19-24(34)31-21(14-9-11-16-27)26(36)32-22(25(35)30-20)15-10-12-17-28/h20-22H,2-19,27-28H2,1H3,(H,29,33)(H,30,35)(H,31,34)(H,32,36)/t20?,21-,22?/m0/s1. The summed E-state index contributed by atoms with van der Waals surface area (Å²) in [5, 5.41) is 11.2. The Morgan fingerprint density at radius 3 is 1.78 bits per heavy atom. The van der Waals surface area contributed by atoms with E-state index in [0.29, 0.717) is 45.2 Å². The van der Waals surface area contributed by atoms with Crippen LogP contribution < -0.4 is 32.7 Å². The first kappa shape index (κ1) is 31.8. The zero-order chi connectivity index (χ0) is 26.6. The normalized spacial score (nSPS) is 21.9. The molecule has 0 saturated carbocycles. The number of nitrogens with two attached hydrogens (primary N) is 2. The second-order valence-electron chi connectivity index (χ2n) is 9.85. The van der Waals surface area contributed by atoms with Crippen molar-refractivity contribution in [2.24, 2.45) is 11.5 Å². The van der Waals surface area contributed by atoms with Gasteiger partial charge in [-0.05, 0) is 58.0 Å². The quantitative estimate of drug-likeness (QED) is 0.171. The SMILES string of the molecule is CCCCCCCCCC1CC(=O)NCC(=O)N[C@@H](CCCCN)C(=O)NC(CCCCN)C(=O)N1. The van der Waals surface area contributed by atoms with Crippen molar-refractivity contribution in [1.29, 1.82) is 0 Å². The van der Waals surface area contributed by atoms with Gasteiger partial charge in [0.15, 0.2) is 0 Å². The summed E-state index contributed by atoms with van der Waals surface area (Å²) in [6, 6.07) is -1.90. The average Bonchev–Trinajstić information content (AvgIpc) is 2.85. The van der Waals surface area contributed by atoms with Crippen LogP contribution in [0.2, 0.25) is 0 Å². The molecule has 208 valence electrons. The largest absolute Gasteiger partial charge is 0.351 e. The molecule has 0 bridgehead atoms. The fourth-order valence-electron chi connectivity index (χ4n) is 4.39. The van der Waals surface area contributed by atoms with Crippen LogP contribution in [0, 0.1) is 0 Å². The lowest BCUT2D eigenvalue weighted by Gasteiger charge is -2.25. The Kier molecular flexibility index (Phi) is 17.6. The van der Waals surface area contributed by atoms with Crippen LogP contribution in [0.1, 0.15) is 103 Å². The van der Waals surface area contributed by atoms with Gasteiger partial charge < -0.3 is 32.7 Å². The number of nitrogens with one attached hydrogen (secondary N) is 4. The van der Waals surface area contributed by atoms with Crippen molar-refractivity contribution >= 4 is 23.6 Å². The summed E-state index contributed by atoms with van der Waals surface area (Å²) in [4.78, 5) is 51.3. The molecule has 4 amide bonds. The fraction of sp³-hybridized carbons (Fsp3) is 0.846. The third kappa shape index (κ3) is 14.4. The van der Waals surface area contributed by atoms with Crippen LogP contribution in [0.25, 0.3) is 0 Å². The molecule has 8 N–H and O–H groups in total. The molecule has 0 spiro atoms. The zero-order valence-corrected chi connectivity index (χ0v) is 22.2. The minimum atomic E-state index is -0.796. The summed E-state index contributed by atoms with van der Waals surface area (Å²) in [5.41, 5.74) is 11.2. The molecule has 0 aliphatic carbocycles. The highest BCUT2D eigenvalue weighted by molar-refractivity contribution is 5.93. The molecule has 1 fully saturated rings. The molecule has 1 rings (SSSR count). The summed E-state index contributed by atoms with van der Waals surface area (Å²) in [6.45, 7) is 2.97. The lowest BCUT2D eigenvalue weighted by molar-refractivity contribution is -0.132. The molecule has 0 aromatic rings. The van der Waals surface area contributed by atoms with Crippen molar-refractivity contribution in [2.75, 3.05) is 19.6 Å². The molecule has 0 aromatic heterocycles. The maximum absolute atomic E-state index is 13.2. The second kappa shape index (κ2) is 19.9. The predicted octanol–water partition coefficient (Wildman–Crippen LogP) is 1.36. The lowest BCUT2D eigenvalue weighted by Crippen LogP contribution is -2.55. The Labute approximate surface area is 216 Å². The van der Waals surface area contributed by atoms with Gasteiger partial charge in [0.25, 0.3) is 0 Å². The number of hydrogen-bond acceptors (Lipinski definition) is 6. The number of rotatable bonds is 16. The Hall–Kier alpha value is -2.20. The Balaban J connectivity index is 2.90. The molecular weight excluding hydrogens is 460 g/mol. The average molecular weight is 511 g/mol. The van der Waals surface area contributed by atoms with Crippen LogP contribution in [-0.4, -0.2) is 61.4 Å². The Bertz CT molecular complexity index is 660. The second-order valence-corrected chi connectivity index (χ2v) is 9.85. The summed E-state index contributed by atoms with van der Waals surface area (Å²) in [6.07, 6.45) is 12.4. The van der Waals surface area contributed by atoms with E-state index in [2.05, 4.69) is 28.2 Å². The minimum absolute atomic E-state index is 0.0955. The monoisotopic (exact) mass is 510 g/mol. The summed E-state index contributed by atoms with van der Waals surface area (Å²) >= 11 is 0. The molecule has 2 unspecified atom stereocenters. The lowest BCUT2D eigenvalue weighted by atomic mass is 10.0. The van der Waals surface area contributed by atoms with Gasteiger partial charge in [0, 0.05) is 12.5 Å². The van der Waals surface area contributed by atoms with Crippen LogP contribution in [-0.2, 0) is 19.2 Å². The maximum atomic E-state index is 13.2. The van der Waals surface area contributed by atoms with Gasteiger partial charge in [0.1, 0.15) is 12.1 Å². The summed E-state index contributed by atoms with van der Waals surface area (Å²) in [5.74, 6) is -1.43. The van der Waals surface area contributed by atoms with E-state index in [9.17, 15) is 19.2 Å². The maximum Gasteiger partial charge on any atom is 0.243 e. The minimum Gasteiger partial charge on any atom is -0.351 e. The number of unbranched alkanes of at least 4 members (excludes halogenated alkanes) is 8. The van der Waals surface area contributed by atoms with Gasteiger partial charge >= 0.3 is 0 Å². The number of carbonyl (C=O) groups is 4. The molecule has 1 heterocycles. The van der Waals surface area contributed by atoms with E-state index in [0.717, 1.165) is 32.1 Å². The van der Waals surface area contributed by atoms with E-state index in [1.54, 1.807) is 0 Å². The van der Waals surface area contributed by atoms with E-state index in [-0.39, 0.29) is 30.8 Å². The van der Waals surface area contributed by atoms with Gasteiger partial charge in [-0.2, -0.15) is 0 Å². The van der Waals surface area contributed by atoms with Gasteiger partial charge in [-0.25, -0.2) is 0 Å². The van der Waals surface area contributed by atoms with Crippen LogP contribution in [0.15, 0.2) is 0 Å². The number of carbonyl (C=O) groups excluding carboxylic acids is 4. The highest BCUT2D eigenvalue weighted by atomic mass is 16.2. The van der Waals surface area contributed by atoms with Crippen LogP contribution >= 0.6 is 0 Å².